The van der Waals surface area contributed by atoms with Crippen molar-refractivity contribution in [2.24, 2.45) is 11.5 Å². The van der Waals surface area contributed by atoms with Gasteiger partial charge in [-0.3, -0.25) is 24.0 Å². The number of carbonyl (C=O) groups excluding carboxylic acids is 4. The molecule has 0 saturated carbocycles. The maximum absolute atomic E-state index is 12.9. The molecule has 1 aromatic carbocycles. The Labute approximate surface area is 194 Å². The molecule has 4 amide bonds. The molecule has 0 radical (unpaired) electrons. The van der Waals surface area contributed by atoms with E-state index in [1.54, 1.807) is 12.1 Å². The summed E-state index contributed by atoms with van der Waals surface area (Å²) in [6.07, 6.45) is 1.62. The molecular formula is C20H29N5O7S. The summed E-state index contributed by atoms with van der Waals surface area (Å²) in [5, 5.41) is 25.5. The van der Waals surface area contributed by atoms with Crippen LogP contribution < -0.4 is 27.4 Å². The summed E-state index contributed by atoms with van der Waals surface area (Å²) in [7, 11) is 0. The number of aliphatic carboxylic acids is 1. The van der Waals surface area contributed by atoms with Gasteiger partial charge in [-0.2, -0.15) is 11.8 Å². The van der Waals surface area contributed by atoms with Gasteiger partial charge in [0.1, 0.15) is 24.4 Å². The van der Waals surface area contributed by atoms with Crippen molar-refractivity contribution in [1.29, 1.82) is 0 Å². The monoisotopic (exact) mass is 483 g/mol. The van der Waals surface area contributed by atoms with E-state index in [9.17, 15) is 29.1 Å². The molecule has 0 aliphatic heterocycles. The van der Waals surface area contributed by atoms with Gasteiger partial charge in [0.05, 0.1) is 12.5 Å². The third-order valence-electron chi connectivity index (χ3n) is 4.42. The number of amides is 4. The maximum atomic E-state index is 12.9. The van der Waals surface area contributed by atoms with Crippen LogP contribution in [0.4, 0.5) is 0 Å². The fraction of sp³-hybridized carbons (Fsp3) is 0.450. The van der Waals surface area contributed by atoms with Crippen LogP contribution in [0, 0.1) is 0 Å². The second-order valence-corrected chi connectivity index (χ2v) is 8.15. The van der Waals surface area contributed by atoms with Gasteiger partial charge in [0, 0.05) is 6.42 Å². The van der Waals surface area contributed by atoms with Crippen molar-refractivity contribution in [3.8, 4) is 5.75 Å². The van der Waals surface area contributed by atoms with E-state index in [1.165, 1.54) is 23.9 Å². The van der Waals surface area contributed by atoms with E-state index in [-0.39, 0.29) is 18.6 Å². The van der Waals surface area contributed by atoms with Crippen molar-refractivity contribution in [1.82, 2.24) is 16.0 Å². The molecule has 0 fully saturated rings. The number of hydrogen-bond acceptors (Lipinski definition) is 8. The highest BCUT2D eigenvalue weighted by Gasteiger charge is 2.28. The highest BCUT2D eigenvalue weighted by Crippen LogP contribution is 2.12. The Morgan fingerprint density at radius 3 is 2.15 bits per heavy atom. The van der Waals surface area contributed by atoms with E-state index in [0.717, 1.165) is 0 Å². The first kappa shape index (κ1) is 27.7. The maximum Gasteiger partial charge on any atom is 0.322 e. The molecule has 3 unspecified atom stereocenters. The molecule has 0 aromatic heterocycles. The van der Waals surface area contributed by atoms with Gasteiger partial charge in [-0.1, -0.05) is 12.1 Å². The van der Waals surface area contributed by atoms with E-state index < -0.39 is 60.7 Å². The van der Waals surface area contributed by atoms with Gasteiger partial charge in [-0.15, -0.1) is 0 Å². The zero-order chi connectivity index (χ0) is 25.0. The van der Waals surface area contributed by atoms with E-state index in [4.69, 9.17) is 16.6 Å². The molecule has 12 nitrogen and oxygen atoms in total. The highest BCUT2D eigenvalue weighted by molar-refractivity contribution is 7.98. The predicted octanol–water partition coefficient (Wildman–Crippen LogP) is -1.94. The molecule has 0 bridgehead atoms. The number of carboxylic acid groups (broad SMARTS) is 1. The SMILES string of the molecule is CSCCC(NC(=O)C(N)CC(N)=O)C(=O)NC(Cc1ccc(O)cc1)C(=O)NCC(=O)O. The lowest BCUT2D eigenvalue weighted by molar-refractivity contribution is -0.138. The summed E-state index contributed by atoms with van der Waals surface area (Å²) < 4.78 is 0. The van der Waals surface area contributed by atoms with Gasteiger partial charge in [-0.25, -0.2) is 0 Å². The third kappa shape index (κ3) is 10.7. The van der Waals surface area contributed by atoms with Gasteiger partial charge < -0.3 is 37.6 Å². The standard InChI is InChI=1S/C20H29N5O7S/c1-33-7-6-14(24-18(30)13(21)9-16(22)27)20(32)25-15(19(31)23-10-17(28)29)8-11-2-4-12(26)5-3-11/h2-5,13-15,26H,6-10,21H2,1H3,(H2,22,27)(H,23,31)(H,24,30)(H,25,32)(H,28,29). The highest BCUT2D eigenvalue weighted by atomic mass is 32.2. The minimum Gasteiger partial charge on any atom is -0.508 e. The molecule has 3 atom stereocenters. The topological polar surface area (TPSA) is 214 Å². The van der Waals surface area contributed by atoms with Crippen LogP contribution in [-0.2, 0) is 30.4 Å². The lowest BCUT2D eigenvalue weighted by Gasteiger charge is -2.24. The first-order chi connectivity index (χ1) is 15.5. The molecule has 0 aliphatic rings. The summed E-state index contributed by atoms with van der Waals surface area (Å²) in [5.41, 5.74) is 11.3. The molecule has 9 N–H and O–H groups in total. The number of carbonyl (C=O) groups is 5. The molecule has 0 spiro atoms. The molecule has 33 heavy (non-hydrogen) atoms. The van der Waals surface area contributed by atoms with E-state index in [2.05, 4.69) is 16.0 Å². The van der Waals surface area contributed by atoms with Gasteiger partial charge >= 0.3 is 5.97 Å². The van der Waals surface area contributed by atoms with E-state index >= 15 is 0 Å². The zero-order valence-corrected chi connectivity index (χ0v) is 18.9. The first-order valence-corrected chi connectivity index (χ1v) is 11.3. The van der Waals surface area contributed by atoms with Crippen LogP contribution in [0.3, 0.4) is 0 Å². The van der Waals surface area contributed by atoms with Gasteiger partial charge in [0.15, 0.2) is 0 Å². The Balaban J connectivity index is 2.99. The number of carboxylic acids is 1. The van der Waals surface area contributed by atoms with Crippen molar-refractivity contribution < 1.29 is 34.2 Å². The Bertz CT molecular complexity index is 850. The van der Waals surface area contributed by atoms with Crippen molar-refractivity contribution in [3.05, 3.63) is 29.8 Å². The molecular weight excluding hydrogens is 454 g/mol. The first-order valence-electron chi connectivity index (χ1n) is 9.94. The summed E-state index contributed by atoms with van der Waals surface area (Å²) in [6.45, 7) is -0.643. The quantitative estimate of drug-likeness (QED) is 0.156. The molecule has 13 heteroatoms. The Morgan fingerprint density at radius 2 is 1.61 bits per heavy atom. The van der Waals surface area contributed by atoms with Crippen LogP contribution in [0.2, 0.25) is 0 Å². The molecule has 0 aliphatic carbocycles. The Morgan fingerprint density at radius 1 is 1.00 bits per heavy atom. The number of nitrogens with two attached hydrogens (primary N) is 2. The van der Waals surface area contributed by atoms with Crippen LogP contribution in [-0.4, -0.2) is 76.5 Å². The summed E-state index contributed by atoms with van der Waals surface area (Å²) >= 11 is 1.43. The number of rotatable bonds is 14. The summed E-state index contributed by atoms with van der Waals surface area (Å²) in [5.74, 6) is -3.69. The number of aromatic hydroxyl groups is 1. The average molecular weight is 484 g/mol. The normalized spacial score (nSPS) is 13.3. The average Bonchev–Trinajstić information content (AvgIpc) is 2.75. The smallest absolute Gasteiger partial charge is 0.322 e. The van der Waals surface area contributed by atoms with Gasteiger partial charge in [0.2, 0.25) is 23.6 Å². The van der Waals surface area contributed by atoms with E-state index in [1.807, 2.05) is 6.26 Å². The Hall–Kier alpha value is -3.32. The molecule has 1 aromatic rings. The van der Waals surface area contributed by atoms with Crippen LogP contribution in [0.25, 0.3) is 0 Å². The number of benzene rings is 1. The number of thioether (sulfide) groups is 1. The summed E-state index contributed by atoms with van der Waals surface area (Å²) in [6, 6.07) is 2.46. The van der Waals surface area contributed by atoms with Gasteiger partial charge in [-0.05, 0) is 36.1 Å². The second kappa shape index (κ2) is 14.0. The molecule has 1 rings (SSSR count). The van der Waals surface area contributed by atoms with E-state index in [0.29, 0.717) is 11.3 Å². The zero-order valence-electron chi connectivity index (χ0n) is 18.1. The largest absolute Gasteiger partial charge is 0.508 e. The van der Waals surface area contributed by atoms with Crippen LogP contribution in [0.1, 0.15) is 18.4 Å². The Kier molecular flexibility index (Phi) is 11.7. The fourth-order valence-corrected chi connectivity index (χ4v) is 3.20. The van der Waals surface area contributed by atoms with Crippen LogP contribution >= 0.6 is 11.8 Å². The minimum absolute atomic E-state index is 0.00184. The van der Waals surface area contributed by atoms with Crippen molar-refractivity contribution in [2.75, 3.05) is 18.6 Å². The number of hydrogen-bond donors (Lipinski definition) is 7. The predicted molar refractivity (Wildman–Crippen MR) is 121 cm³/mol. The van der Waals surface area contributed by atoms with Crippen molar-refractivity contribution in [2.45, 2.75) is 37.4 Å². The van der Waals surface area contributed by atoms with Crippen molar-refractivity contribution >= 4 is 41.4 Å². The number of phenols is 1. The summed E-state index contributed by atoms with van der Waals surface area (Å²) in [4.78, 5) is 59.6. The minimum atomic E-state index is -1.26. The lowest BCUT2D eigenvalue weighted by Crippen LogP contribution is -2.57. The van der Waals surface area contributed by atoms with Crippen LogP contribution in [0.5, 0.6) is 5.75 Å². The molecule has 182 valence electrons. The fourth-order valence-electron chi connectivity index (χ4n) is 2.73. The molecule has 0 heterocycles. The number of nitrogens with one attached hydrogen (secondary N) is 3. The second-order valence-electron chi connectivity index (χ2n) is 7.16. The van der Waals surface area contributed by atoms with Crippen LogP contribution in [0.15, 0.2) is 24.3 Å². The number of primary amides is 1. The van der Waals surface area contributed by atoms with Gasteiger partial charge in [0.25, 0.3) is 0 Å². The number of phenolic OH excluding ortho intramolecular Hbond substituents is 1. The third-order valence-corrected chi connectivity index (χ3v) is 5.07. The lowest BCUT2D eigenvalue weighted by atomic mass is 10.0. The molecule has 0 saturated heterocycles. The van der Waals surface area contributed by atoms with Crippen molar-refractivity contribution in [3.63, 3.8) is 0 Å².